The van der Waals surface area contributed by atoms with Gasteiger partial charge in [-0.05, 0) is 36.4 Å². The summed E-state index contributed by atoms with van der Waals surface area (Å²) in [6.07, 6.45) is 0. The molecule has 0 spiro atoms. The van der Waals surface area contributed by atoms with Crippen molar-refractivity contribution in [3.05, 3.63) is 48.0 Å². The third-order valence-electron chi connectivity index (χ3n) is 3.33. The molecule has 0 aromatic heterocycles. The number of hydrogen-bond acceptors (Lipinski definition) is 6. The molecule has 0 aliphatic heterocycles. The highest BCUT2D eigenvalue weighted by Gasteiger charge is 2.23. The topological polar surface area (TPSA) is 111 Å². The highest BCUT2D eigenvalue weighted by atomic mass is 32.2. The number of hydrogen-bond donors (Lipinski definition) is 2. The summed E-state index contributed by atoms with van der Waals surface area (Å²) in [5, 5.41) is 2.48. The van der Waals surface area contributed by atoms with Gasteiger partial charge >= 0.3 is 0 Å². The lowest BCUT2D eigenvalue weighted by atomic mass is 10.2. The quantitative estimate of drug-likeness (QED) is 0.793. The van der Waals surface area contributed by atoms with Gasteiger partial charge in [0.15, 0.2) is 0 Å². The Morgan fingerprint density at radius 2 is 1.73 bits per heavy atom. The fourth-order valence-corrected chi connectivity index (χ4v) is 3.34. The Morgan fingerprint density at radius 3 is 2.35 bits per heavy atom. The summed E-state index contributed by atoms with van der Waals surface area (Å²) in [5.41, 5.74) is 0.373. The van der Waals surface area contributed by atoms with Crippen LogP contribution in [0.15, 0.2) is 47.4 Å². The zero-order chi connectivity index (χ0) is 19.3. The molecule has 2 amide bonds. The first-order valence-corrected chi connectivity index (χ1v) is 8.92. The van der Waals surface area contributed by atoms with Crippen LogP contribution in [0.4, 0.5) is 5.69 Å². The van der Waals surface area contributed by atoms with Crippen LogP contribution in [0.5, 0.6) is 11.5 Å². The van der Waals surface area contributed by atoms with Crippen molar-refractivity contribution < 1.29 is 27.5 Å². The zero-order valence-electron chi connectivity index (χ0n) is 14.4. The van der Waals surface area contributed by atoms with E-state index in [4.69, 9.17) is 9.47 Å². The molecule has 9 heteroatoms. The second-order valence-corrected chi connectivity index (χ2v) is 6.86. The number of amides is 2. The Labute approximate surface area is 151 Å². The minimum absolute atomic E-state index is 0.0324. The van der Waals surface area contributed by atoms with Crippen molar-refractivity contribution in [2.75, 3.05) is 19.5 Å². The van der Waals surface area contributed by atoms with Crippen LogP contribution < -0.4 is 19.5 Å². The molecule has 8 nitrogen and oxygen atoms in total. The molecule has 2 N–H and O–H groups in total. The Bertz CT molecular complexity index is 940. The monoisotopic (exact) mass is 378 g/mol. The van der Waals surface area contributed by atoms with E-state index in [9.17, 15) is 18.0 Å². The van der Waals surface area contributed by atoms with Crippen LogP contribution in [0.2, 0.25) is 0 Å². The summed E-state index contributed by atoms with van der Waals surface area (Å²) < 4.78 is 37.3. The van der Waals surface area contributed by atoms with Gasteiger partial charge in [0.05, 0.1) is 14.2 Å². The van der Waals surface area contributed by atoms with Crippen molar-refractivity contribution in [3.63, 3.8) is 0 Å². The van der Waals surface area contributed by atoms with E-state index in [-0.39, 0.29) is 27.8 Å². The molecule has 0 bridgehead atoms. The lowest BCUT2D eigenvalue weighted by molar-refractivity contribution is -0.114. The largest absolute Gasteiger partial charge is 0.497 e. The van der Waals surface area contributed by atoms with Crippen LogP contribution in [0.1, 0.15) is 17.3 Å². The fourth-order valence-electron chi connectivity index (χ4n) is 2.17. The zero-order valence-corrected chi connectivity index (χ0v) is 15.2. The van der Waals surface area contributed by atoms with Crippen LogP contribution in [0, 0.1) is 0 Å². The smallest absolute Gasteiger partial charge is 0.268 e. The van der Waals surface area contributed by atoms with Gasteiger partial charge in [-0.3, -0.25) is 9.59 Å². The molecule has 0 heterocycles. The summed E-state index contributed by atoms with van der Waals surface area (Å²) in [6.45, 7) is 1.29. The highest BCUT2D eigenvalue weighted by Crippen LogP contribution is 2.27. The number of sulfonamides is 1. The van der Waals surface area contributed by atoms with Gasteiger partial charge in [0.2, 0.25) is 5.91 Å². The van der Waals surface area contributed by atoms with Crippen molar-refractivity contribution in [2.45, 2.75) is 11.8 Å². The summed E-state index contributed by atoms with van der Waals surface area (Å²) >= 11 is 0. The number of ether oxygens (including phenoxy) is 2. The van der Waals surface area contributed by atoms with Gasteiger partial charge in [0, 0.05) is 18.2 Å². The second kappa shape index (κ2) is 7.87. The third kappa shape index (κ3) is 4.51. The Balaban J connectivity index is 2.36. The van der Waals surface area contributed by atoms with E-state index in [0.717, 1.165) is 0 Å². The Kier molecular flexibility index (Phi) is 5.83. The van der Waals surface area contributed by atoms with E-state index in [1.165, 1.54) is 51.5 Å². The predicted octanol–water partition coefficient (Wildman–Crippen LogP) is 1.78. The normalized spacial score (nSPS) is 10.7. The maximum atomic E-state index is 12.6. The molecular formula is C17H18N2O6S. The van der Waals surface area contributed by atoms with Crippen LogP contribution in [-0.4, -0.2) is 34.5 Å². The van der Waals surface area contributed by atoms with Crippen molar-refractivity contribution in [1.82, 2.24) is 4.72 Å². The minimum Gasteiger partial charge on any atom is -0.497 e. The average molecular weight is 378 g/mol. The van der Waals surface area contributed by atoms with Gasteiger partial charge in [-0.2, -0.15) is 0 Å². The SMILES string of the molecule is COc1cccc(C(=O)NS(=O)(=O)c2cc(NC(C)=O)ccc2OC)c1. The van der Waals surface area contributed by atoms with Crippen molar-refractivity contribution >= 4 is 27.5 Å². The summed E-state index contributed by atoms with van der Waals surface area (Å²) in [4.78, 5) is 23.2. The first-order valence-electron chi connectivity index (χ1n) is 7.43. The van der Waals surface area contributed by atoms with Gasteiger partial charge in [-0.25, -0.2) is 13.1 Å². The van der Waals surface area contributed by atoms with Gasteiger partial charge in [0.1, 0.15) is 16.4 Å². The maximum Gasteiger partial charge on any atom is 0.268 e. The van der Waals surface area contributed by atoms with E-state index in [1.54, 1.807) is 12.1 Å². The number of methoxy groups -OCH3 is 2. The van der Waals surface area contributed by atoms with E-state index in [0.29, 0.717) is 5.75 Å². The molecule has 0 aliphatic rings. The molecule has 0 radical (unpaired) electrons. The summed E-state index contributed by atoms with van der Waals surface area (Å²) in [6, 6.07) is 10.2. The molecule has 0 fully saturated rings. The van der Waals surface area contributed by atoms with Crippen LogP contribution in [-0.2, 0) is 14.8 Å². The first-order chi connectivity index (χ1) is 12.3. The summed E-state index contributed by atoms with van der Waals surface area (Å²) in [7, 11) is -1.51. The Hall–Kier alpha value is -3.07. The molecule has 2 aromatic carbocycles. The van der Waals surface area contributed by atoms with Crippen molar-refractivity contribution in [1.29, 1.82) is 0 Å². The molecule has 2 aromatic rings. The molecule has 0 unspecified atom stereocenters. The van der Waals surface area contributed by atoms with Crippen molar-refractivity contribution in [2.24, 2.45) is 0 Å². The average Bonchev–Trinajstić information content (AvgIpc) is 2.60. The van der Waals surface area contributed by atoms with E-state index in [1.807, 2.05) is 4.72 Å². The maximum absolute atomic E-state index is 12.6. The Morgan fingerprint density at radius 1 is 1.00 bits per heavy atom. The molecule has 0 atom stereocenters. The standard InChI is InChI=1S/C17H18N2O6S/c1-11(20)18-13-7-8-15(25-3)16(10-13)26(22,23)19-17(21)12-5-4-6-14(9-12)24-2/h4-10H,1-3H3,(H,18,20)(H,19,21). The highest BCUT2D eigenvalue weighted by molar-refractivity contribution is 7.90. The summed E-state index contributed by atoms with van der Waals surface area (Å²) in [5.74, 6) is -0.736. The fraction of sp³-hybridized carbons (Fsp3) is 0.176. The molecule has 26 heavy (non-hydrogen) atoms. The van der Waals surface area contributed by atoms with E-state index >= 15 is 0 Å². The van der Waals surface area contributed by atoms with Gasteiger partial charge in [-0.1, -0.05) is 6.07 Å². The number of nitrogens with one attached hydrogen (secondary N) is 2. The molecule has 0 saturated carbocycles. The van der Waals surface area contributed by atoms with Crippen molar-refractivity contribution in [3.8, 4) is 11.5 Å². The van der Waals surface area contributed by atoms with E-state index < -0.39 is 15.9 Å². The first kappa shape index (κ1) is 19.3. The number of carbonyl (C=O) groups is 2. The number of anilines is 1. The molecule has 0 saturated heterocycles. The number of carbonyl (C=O) groups excluding carboxylic acids is 2. The van der Waals surface area contributed by atoms with Gasteiger partial charge in [0.25, 0.3) is 15.9 Å². The van der Waals surface area contributed by atoms with Crippen LogP contribution in [0.3, 0.4) is 0 Å². The molecule has 2 rings (SSSR count). The second-order valence-electron chi connectivity index (χ2n) is 5.21. The van der Waals surface area contributed by atoms with Gasteiger partial charge in [-0.15, -0.1) is 0 Å². The number of benzene rings is 2. The van der Waals surface area contributed by atoms with Crippen LogP contribution >= 0.6 is 0 Å². The molecule has 138 valence electrons. The minimum atomic E-state index is -4.24. The lowest BCUT2D eigenvalue weighted by Crippen LogP contribution is -2.31. The van der Waals surface area contributed by atoms with Gasteiger partial charge < -0.3 is 14.8 Å². The van der Waals surface area contributed by atoms with E-state index in [2.05, 4.69) is 5.32 Å². The predicted molar refractivity (Wildman–Crippen MR) is 94.9 cm³/mol. The third-order valence-corrected chi connectivity index (χ3v) is 4.68. The number of rotatable bonds is 6. The molecular weight excluding hydrogens is 360 g/mol. The molecule has 0 aliphatic carbocycles. The lowest BCUT2D eigenvalue weighted by Gasteiger charge is -2.13. The van der Waals surface area contributed by atoms with Crippen LogP contribution in [0.25, 0.3) is 0 Å².